The van der Waals surface area contributed by atoms with Crippen LogP contribution < -0.4 is 0 Å². The number of halogens is 6. The van der Waals surface area contributed by atoms with E-state index in [1.165, 1.54) is 0 Å². The summed E-state index contributed by atoms with van der Waals surface area (Å²) in [6, 6.07) is 1.40. The van der Waals surface area contributed by atoms with E-state index in [4.69, 9.17) is 23.2 Å². The van der Waals surface area contributed by atoms with Crippen molar-refractivity contribution in [2.75, 3.05) is 0 Å². The van der Waals surface area contributed by atoms with Crippen molar-refractivity contribution < 1.29 is 18.0 Å². The summed E-state index contributed by atoms with van der Waals surface area (Å²) in [5, 5.41) is -1.17. The molecule has 0 fully saturated rings. The van der Waals surface area contributed by atoms with Crippen LogP contribution in [0.15, 0.2) is 16.6 Å². The van der Waals surface area contributed by atoms with Crippen LogP contribution in [0.25, 0.3) is 0 Å². The normalized spacial score (nSPS) is 11.6. The standard InChI is InChI=1S/C8H2BrCl2F3O/c9-5-2-3(8(12,13)14)1-4(6(5)10)7(11)15/h1-2H. The second-order valence-corrected chi connectivity index (χ2v) is 4.17. The summed E-state index contributed by atoms with van der Waals surface area (Å²) in [6.07, 6.45) is -4.55. The molecule has 82 valence electrons. The Labute approximate surface area is 101 Å². The van der Waals surface area contributed by atoms with Crippen LogP contribution >= 0.6 is 39.1 Å². The quantitative estimate of drug-likeness (QED) is 0.696. The third-order valence-electron chi connectivity index (χ3n) is 1.57. The van der Waals surface area contributed by atoms with Crippen LogP contribution in [0.1, 0.15) is 15.9 Å². The summed E-state index contributed by atoms with van der Waals surface area (Å²) in [7, 11) is 0. The van der Waals surface area contributed by atoms with Gasteiger partial charge in [0, 0.05) is 4.47 Å². The maximum absolute atomic E-state index is 12.3. The Morgan fingerprint density at radius 1 is 1.33 bits per heavy atom. The number of benzene rings is 1. The first kappa shape index (κ1) is 12.8. The van der Waals surface area contributed by atoms with Gasteiger partial charge in [-0.25, -0.2) is 0 Å². The van der Waals surface area contributed by atoms with Crippen molar-refractivity contribution in [2.45, 2.75) is 6.18 Å². The molecule has 0 amide bonds. The van der Waals surface area contributed by atoms with E-state index in [0.29, 0.717) is 6.07 Å². The summed E-state index contributed by atoms with van der Waals surface area (Å²) in [4.78, 5) is 10.8. The van der Waals surface area contributed by atoms with Crippen molar-refractivity contribution in [1.29, 1.82) is 0 Å². The van der Waals surface area contributed by atoms with Crippen LogP contribution in [0.4, 0.5) is 13.2 Å². The van der Waals surface area contributed by atoms with E-state index in [-0.39, 0.29) is 15.1 Å². The minimum Gasteiger partial charge on any atom is -0.276 e. The molecule has 0 aliphatic carbocycles. The van der Waals surface area contributed by atoms with Crippen molar-refractivity contribution >= 4 is 44.4 Å². The van der Waals surface area contributed by atoms with Gasteiger partial charge in [0.25, 0.3) is 5.24 Å². The van der Waals surface area contributed by atoms with E-state index in [1.54, 1.807) is 0 Å². The Hall–Kier alpha value is -0.260. The molecule has 0 N–H and O–H groups in total. The van der Waals surface area contributed by atoms with E-state index < -0.39 is 17.0 Å². The molecule has 0 spiro atoms. The predicted molar refractivity (Wildman–Crippen MR) is 54.3 cm³/mol. The molecular formula is C8H2BrCl2F3O. The molecule has 1 aromatic carbocycles. The van der Waals surface area contributed by atoms with Gasteiger partial charge in [0.15, 0.2) is 0 Å². The summed E-state index contributed by atoms with van der Waals surface area (Å²) < 4.78 is 36.9. The van der Waals surface area contributed by atoms with Crippen LogP contribution in [0.2, 0.25) is 5.02 Å². The lowest BCUT2D eigenvalue weighted by Crippen LogP contribution is -2.07. The predicted octanol–water partition coefficient (Wildman–Crippen LogP) is 4.50. The summed E-state index contributed by atoms with van der Waals surface area (Å²) >= 11 is 13.5. The molecule has 0 saturated heterocycles. The summed E-state index contributed by atoms with van der Waals surface area (Å²) in [5.74, 6) is 0. The average molecular weight is 322 g/mol. The zero-order chi connectivity index (χ0) is 11.8. The third kappa shape index (κ3) is 2.86. The first-order chi connectivity index (χ1) is 6.73. The third-order valence-corrected chi connectivity index (χ3v) is 3.03. The molecule has 7 heteroatoms. The number of carbonyl (C=O) groups excluding carboxylic acids is 1. The molecule has 0 atom stereocenters. The highest BCUT2D eigenvalue weighted by Gasteiger charge is 2.32. The first-order valence-electron chi connectivity index (χ1n) is 3.49. The SMILES string of the molecule is O=C(Cl)c1cc(C(F)(F)F)cc(Br)c1Cl. The molecule has 0 aliphatic heterocycles. The Morgan fingerprint density at radius 2 is 1.87 bits per heavy atom. The number of carbonyl (C=O) groups is 1. The lowest BCUT2D eigenvalue weighted by atomic mass is 10.1. The van der Waals surface area contributed by atoms with Gasteiger partial charge in [-0.3, -0.25) is 4.79 Å². The fourth-order valence-corrected chi connectivity index (χ4v) is 1.75. The van der Waals surface area contributed by atoms with Gasteiger partial charge in [-0.1, -0.05) is 11.6 Å². The van der Waals surface area contributed by atoms with Crippen molar-refractivity contribution in [3.63, 3.8) is 0 Å². The molecule has 0 radical (unpaired) electrons. The maximum Gasteiger partial charge on any atom is 0.416 e. The Balaban J connectivity index is 3.43. The topological polar surface area (TPSA) is 17.1 Å². The fraction of sp³-hybridized carbons (Fsp3) is 0.125. The number of hydrogen-bond acceptors (Lipinski definition) is 1. The second-order valence-electron chi connectivity index (χ2n) is 2.59. The number of rotatable bonds is 1. The highest BCUT2D eigenvalue weighted by atomic mass is 79.9. The number of hydrogen-bond donors (Lipinski definition) is 0. The van der Waals surface area contributed by atoms with Crippen molar-refractivity contribution in [3.8, 4) is 0 Å². The smallest absolute Gasteiger partial charge is 0.276 e. The van der Waals surface area contributed by atoms with Crippen LogP contribution in [0, 0.1) is 0 Å². The number of alkyl halides is 3. The molecule has 1 aromatic rings. The summed E-state index contributed by atoms with van der Waals surface area (Å²) in [6.45, 7) is 0. The second kappa shape index (κ2) is 4.31. The fourth-order valence-electron chi connectivity index (χ4n) is 0.896. The maximum atomic E-state index is 12.3. The van der Waals surface area contributed by atoms with Gasteiger partial charge < -0.3 is 0 Å². The minimum absolute atomic E-state index is 0.0250. The molecule has 0 aromatic heterocycles. The molecule has 1 nitrogen and oxygen atoms in total. The molecule has 1 rings (SSSR count). The molecule has 0 unspecified atom stereocenters. The highest BCUT2D eigenvalue weighted by molar-refractivity contribution is 9.10. The van der Waals surface area contributed by atoms with Crippen LogP contribution in [0.5, 0.6) is 0 Å². The summed E-state index contributed by atoms with van der Waals surface area (Å²) in [5.41, 5.74) is -1.36. The Bertz CT molecular complexity index is 417. The van der Waals surface area contributed by atoms with Crippen molar-refractivity contribution in [1.82, 2.24) is 0 Å². The van der Waals surface area contributed by atoms with Crippen LogP contribution in [-0.4, -0.2) is 5.24 Å². The Morgan fingerprint density at radius 3 is 2.27 bits per heavy atom. The zero-order valence-electron chi connectivity index (χ0n) is 6.83. The largest absolute Gasteiger partial charge is 0.416 e. The minimum atomic E-state index is -4.55. The van der Waals surface area contributed by atoms with Gasteiger partial charge in [-0.05, 0) is 39.7 Å². The van der Waals surface area contributed by atoms with Gasteiger partial charge in [0.05, 0.1) is 16.1 Å². The van der Waals surface area contributed by atoms with Crippen LogP contribution in [-0.2, 0) is 6.18 Å². The molecule has 0 saturated carbocycles. The van der Waals surface area contributed by atoms with Gasteiger partial charge in [-0.2, -0.15) is 13.2 Å². The molecule has 15 heavy (non-hydrogen) atoms. The van der Waals surface area contributed by atoms with Gasteiger partial charge in [-0.15, -0.1) is 0 Å². The van der Waals surface area contributed by atoms with E-state index in [2.05, 4.69) is 15.9 Å². The van der Waals surface area contributed by atoms with Gasteiger partial charge >= 0.3 is 6.18 Å². The average Bonchev–Trinajstić information content (AvgIpc) is 2.06. The highest BCUT2D eigenvalue weighted by Crippen LogP contribution is 2.36. The van der Waals surface area contributed by atoms with E-state index in [9.17, 15) is 18.0 Å². The van der Waals surface area contributed by atoms with Crippen LogP contribution in [0.3, 0.4) is 0 Å². The van der Waals surface area contributed by atoms with Gasteiger partial charge in [0.2, 0.25) is 0 Å². The van der Waals surface area contributed by atoms with E-state index in [0.717, 1.165) is 6.07 Å². The van der Waals surface area contributed by atoms with E-state index in [1.807, 2.05) is 0 Å². The lowest BCUT2D eigenvalue weighted by Gasteiger charge is -2.09. The van der Waals surface area contributed by atoms with E-state index >= 15 is 0 Å². The first-order valence-corrected chi connectivity index (χ1v) is 5.04. The molecule has 0 heterocycles. The molecule has 0 aliphatic rings. The van der Waals surface area contributed by atoms with Crippen molar-refractivity contribution in [3.05, 3.63) is 32.8 Å². The Kier molecular flexibility index (Phi) is 3.68. The molecule has 0 bridgehead atoms. The van der Waals surface area contributed by atoms with Crippen molar-refractivity contribution in [2.24, 2.45) is 0 Å². The lowest BCUT2D eigenvalue weighted by molar-refractivity contribution is -0.137. The zero-order valence-corrected chi connectivity index (χ0v) is 9.93. The van der Waals surface area contributed by atoms with Gasteiger partial charge in [0.1, 0.15) is 0 Å². The monoisotopic (exact) mass is 320 g/mol. The molecular weight excluding hydrogens is 320 g/mol.